The van der Waals surface area contributed by atoms with Crippen molar-refractivity contribution < 1.29 is 4.79 Å². The Morgan fingerprint density at radius 2 is 2.47 bits per heavy atom. The molecule has 0 aromatic carbocycles. The number of carbonyl (C=O) groups is 1. The predicted octanol–water partition coefficient (Wildman–Crippen LogP) is 1.20. The highest BCUT2D eigenvalue weighted by Crippen LogP contribution is 2.31. The van der Waals surface area contributed by atoms with Crippen LogP contribution in [0, 0.1) is 6.92 Å². The van der Waals surface area contributed by atoms with Gasteiger partial charge in [-0.3, -0.25) is 9.48 Å². The van der Waals surface area contributed by atoms with Gasteiger partial charge in [-0.1, -0.05) is 6.58 Å². The van der Waals surface area contributed by atoms with Gasteiger partial charge in [-0.05, 0) is 31.4 Å². The normalized spacial score (nSPS) is 24.3. The van der Waals surface area contributed by atoms with E-state index in [1.807, 2.05) is 24.0 Å². The van der Waals surface area contributed by atoms with E-state index in [9.17, 15) is 4.79 Å². The summed E-state index contributed by atoms with van der Waals surface area (Å²) < 4.78 is 1.98. The SMILES string of the molecule is C=CC(=O)NC1CC(n2cc(C)cn2)C1. The van der Waals surface area contributed by atoms with Gasteiger partial charge in [-0.15, -0.1) is 0 Å². The minimum atomic E-state index is -0.0879. The van der Waals surface area contributed by atoms with E-state index in [1.54, 1.807) is 0 Å². The monoisotopic (exact) mass is 205 g/mol. The molecule has 1 amide bonds. The summed E-state index contributed by atoms with van der Waals surface area (Å²) >= 11 is 0. The highest BCUT2D eigenvalue weighted by Gasteiger charge is 2.31. The first-order valence-electron chi connectivity index (χ1n) is 5.12. The Kier molecular flexibility index (Phi) is 2.58. The average Bonchev–Trinajstić information content (AvgIpc) is 2.57. The zero-order chi connectivity index (χ0) is 10.8. The second-order valence-electron chi connectivity index (χ2n) is 4.03. The van der Waals surface area contributed by atoms with E-state index < -0.39 is 0 Å². The Hall–Kier alpha value is -1.58. The van der Waals surface area contributed by atoms with Gasteiger partial charge in [-0.2, -0.15) is 5.10 Å². The second-order valence-corrected chi connectivity index (χ2v) is 4.03. The van der Waals surface area contributed by atoms with Gasteiger partial charge >= 0.3 is 0 Å². The molecule has 0 saturated heterocycles. The number of hydrogen-bond acceptors (Lipinski definition) is 2. The lowest BCUT2D eigenvalue weighted by Crippen LogP contribution is -2.44. The molecule has 1 N–H and O–H groups in total. The summed E-state index contributed by atoms with van der Waals surface area (Å²) in [5.74, 6) is -0.0879. The fourth-order valence-corrected chi connectivity index (χ4v) is 1.81. The Morgan fingerprint density at radius 1 is 1.73 bits per heavy atom. The first-order chi connectivity index (χ1) is 7.19. The number of hydrogen-bond donors (Lipinski definition) is 1. The minimum absolute atomic E-state index is 0.0879. The molecule has 0 bridgehead atoms. The van der Waals surface area contributed by atoms with E-state index in [4.69, 9.17) is 0 Å². The molecule has 1 heterocycles. The molecule has 2 rings (SSSR count). The van der Waals surface area contributed by atoms with Crippen molar-refractivity contribution in [2.75, 3.05) is 0 Å². The van der Waals surface area contributed by atoms with Crippen LogP contribution in [0.5, 0.6) is 0 Å². The molecule has 15 heavy (non-hydrogen) atoms. The van der Waals surface area contributed by atoms with E-state index in [0.29, 0.717) is 6.04 Å². The molecule has 0 aliphatic heterocycles. The van der Waals surface area contributed by atoms with Crippen molar-refractivity contribution in [1.29, 1.82) is 0 Å². The van der Waals surface area contributed by atoms with Gasteiger partial charge in [0.15, 0.2) is 0 Å². The lowest BCUT2D eigenvalue weighted by molar-refractivity contribution is -0.117. The third-order valence-electron chi connectivity index (χ3n) is 2.75. The molecule has 1 aliphatic rings. The number of aromatic nitrogens is 2. The van der Waals surface area contributed by atoms with Crippen molar-refractivity contribution >= 4 is 5.91 Å². The first kappa shape index (κ1) is 9.96. The summed E-state index contributed by atoms with van der Waals surface area (Å²) in [5, 5.41) is 7.13. The van der Waals surface area contributed by atoms with Crippen molar-refractivity contribution in [1.82, 2.24) is 15.1 Å². The molecule has 4 nitrogen and oxygen atoms in total. The van der Waals surface area contributed by atoms with E-state index in [1.165, 1.54) is 11.6 Å². The standard InChI is InChI=1S/C11H15N3O/c1-3-11(15)13-9-4-10(5-9)14-7-8(2)6-12-14/h3,6-7,9-10H,1,4-5H2,2H3,(H,13,15). The summed E-state index contributed by atoms with van der Waals surface area (Å²) in [6.45, 7) is 5.45. The zero-order valence-electron chi connectivity index (χ0n) is 8.81. The van der Waals surface area contributed by atoms with Crippen LogP contribution in [0.1, 0.15) is 24.4 Å². The smallest absolute Gasteiger partial charge is 0.243 e. The molecule has 1 aromatic rings. The number of carbonyl (C=O) groups excluding carboxylic acids is 1. The van der Waals surface area contributed by atoms with E-state index >= 15 is 0 Å². The van der Waals surface area contributed by atoms with Crippen molar-refractivity contribution in [2.45, 2.75) is 31.8 Å². The maximum atomic E-state index is 11.0. The molecule has 0 radical (unpaired) electrons. The van der Waals surface area contributed by atoms with Crippen LogP contribution in [-0.2, 0) is 4.79 Å². The number of nitrogens with zero attached hydrogens (tertiary/aromatic N) is 2. The van der Waals surface area contributed by atoms with Crippen LogP contribution in [0.2, 0.25) is 0 Å². The van der Waals surface area contributed by atoms with Gasteiger partial charge < -0.3 is 5.32 Å². The molecule has 1 aromatic heterocycles. The van der Waals surface area contributed by atoms with Crippen LogP contribution in [0.15, 0.2) is 25.0 Å². The number of nitrogens with one attached hydrogen (secondary N) is 1. The molecule has 0 spiro atoms. The summed E-state index contributed by atoms with van der Waals surface area (Å²) in [4.78, 5) is 11.0. The van der Waals surface area contributed by atoms with Crippen LogP contribution in [0.25, 0.3) is 0 Å². The van der Waals surface area contributed by atoms with Crippen molar-refractivity contribution in [3.63, 3.8) is 0 Å². The maximum Gasteiger partial charge on any atom is 0.243 e. The Labute approximate surface area is 89.0 Å². The highest BCUT2D eigenvalue weighted by atomic mass is 16.1. The Bertz CT molecular complexity index is 377. The van der Waals surface area contributed by atoms with E-state index in [-0.39, 0.29) is 11.9 Å². The third kappa shape index (κ3) is 2.09. The van der Waals surface area contributed by atoms with Crippen molar-refractivity contribution in [3.05, 3.63) is 30.6 Å². The van der Waals surface area contributed by atoms with E-state index in [0.717, 1.165) is 12.8 Å². The number of rotatable bonds is 3. The third-order valence-corrected chi connectivity index (χ3v) is 2.75. The molecule has 1 aliphatic carbocycles. The molecule has 80 valence electrons. The Morgan fingerprint density at radius 3 is 3.00 bits per heavy atom. The summed E-state index contributed by atoms with van der Waals surface area (Å²) in [6.07, 6.45) is 7.12. The van der Waals surface area contributed by atoms with Gasteiger partial charge in [0.25, 0.3) is 0 Å². The number of aryl methyl sites for hydroxylation is 1. The van der Waals surface area contributed by atoms with Crippen LogP contribution in [0.3, 0.4) is 0 Å². The fourth-order valence-electron chi connectivity index (χ4n) is 1.81. The molecule has 4 heteroatoms. The maximum absolute atomic E-state index is 11.0. The predicted molar refractivity (Wildman–Crippen MR) is 57.4 cm³/mol. The molecular formula is C11H15N3O. The largest absolute Gasteiger partial charge is 0.350 e. The first-order valence-corrected chi connectivity index (χ1v) is 5.12. The molecule has 1 saturated carbocycles. The highest BCUT2D eigenvalue weighted by molar-refractivity contribution is 5.87. The second kappa shape index (κ2) is 3.88. The van der Waals surface area contributed by atoms with Gasteiger partial charge in [-0.25, -0.2) is 0 Å². The molecular weight excluding hydrogens is 190 g/mol. The van der Waals surface area contributed by atoms with Gasteiger partial charge in [0, 0.05) is 12.2 Å². The van der Waals surface area contributed by atoms with Crippen LogP contribution in [0.4, 0.5) is 0 Å². The zero-order valence-corrected chi connectivity index (χ0v) is 8.81. The van der Waals surface area contributed by atoms with Crippen LogP contribution in [-0.4, -0.2) is 21.7 Å². The minimum Gasteiger partial charge on any atom is -0.350 e. The fraction of sp³-hybridized carbons (Fsp3) is 0.455. The van der Waals surface area contributed by atoms with Gasteiger partial charge in [0.2, 0.25) is 5.91 Å². The lowest BCUT2D eigenvalue weighted by atomic mass is 9.87. The summed E-state index contributed by atoms with van der Waals surface area (Å²) in [5.41, 5.74) is 1.17. The van der Waals surface area contributed by atoms with Gasteiger partial charge in [0.05, 0.1) is 12.2 Å². The van der Waals surface area contributed by atoms with Gasteiger partial charge in [0.1, 0.15) is 0 Å². The quantitative estimate of drug-likeness (QED) is 0.754. The summed E-state index contributed by atoms with van der Waals surface area (Å²) in [6, 6.07) is 0.721. The average molecular weight is 205 g/mol. The lowest BCUT2D eigenvalue weighted by Gasteiger charge is -2.35. The van der Waals surface area contributed by atoms with Crippen LogP contribution >= 0.6 is 0 Å². The van der Waals surface area contributed by atoms with Crippen molar-refractivity contribution in [3.8, 4) is 0 Å². The van der Waals surface area contributed by atoms with E-state index in [2.05, 4.69) is 17.0 Å². The topological polar surface area (TPSA) is 46.9 Å². The van der Waals surface area contributed by atoms with Crippen LogP contribution < -0.4 is 5.32 Å². The molecule has 0 unspecified atom stereocenters. The summed E-state index contributed by atoms with van der Waals surface area (Å²) in [7, 11) is 0. The number of amides is 1. The Balaban J connectivity index is 1.83. The van der Waals surface area contributed by atoms with Crippen molar-refractivity contribution in [2.24, 2.45) is 0 Å². The molecule has 0 atom stereocenters. The molecule has 1 fully saturated rings.